The topological polar surface area (TPSA) is 79.4 Å². The average Bonchev–Trinajstić information content (AvgIpc) is 3.29. The lowest BCUT2D eigenvalue weighted by Gasteiger charge is -2.17. The van der Waals surface area contributed by atoms with Gasteiger partial charge in [-0.2, -0.15) is 0 Å². The molecule has 1 saturated heterocycles. The molecule has 2 N–H and O–H groups in total. The van der Waals surface area contributed by atoms with Crippen LogP contribution >= 0.6 is 15.9 Å². The third-order valence-electron chi connectivity index (χ3n) is 4.71. The number of ether oxygens (including phenoxy) is 1. The zero-order valence-corrected chi connectivity index (χ0v) is 17.9. The van der Waals surface area contributed by atoms with Gasteiger partial charge in [0.25, 0.3) is 0 Å². The van der Waals surface area contributed by atoms with Gasteiger partial charge in [0.2, 0.25) is 5.88 Å². The summed E-state index contributed by atoms with van der Waals surface area (Å²) in [5, 5.41) is 5.65. The molecule has 3 heterocycles. The molecule has 0 spiro atoms. The SMILES string of the molecule is O=C(NCc1ccnc(N2CCCC2)c1)Nc1ccc(Oc2cccc(Br)c2)nc1. The first kappa shape index (κ1) is 20.2. The minimum atomic E-state index is -0.294. The fourth-order valence-electron chi connectivity index (χ4n) is 3.21. The molecule has 0 radical (unpaired) electrons. The Labute approximate surface area is 183 Å². The molecule has 0 atom stereocenters. The Balaban J connectivity index is 1.28. The normalized spacial score (nSPS) is 13.2. The van der Waals surface area contributed by atoms with Crippen molar-refractivity contribution >= 4 is 33.5 Å². The molecule has 30 heavy (non-hydrogen) atoms. The summed E-state index contributed by atoms with van der Waals surface area (Å²) in [5.41, 5.74) is 1.60. The second-order valence-electron chi connectivity index (χ2n) is 6.97. The Morgan fingerprint density at radius 2 is 1.97 bits per heavy atom. The molecule has 0 saturated carbocycles. The van der Waals surface area contributed by atoms with E-state index in [0.29, 0.717) is 23.9 Å². The van der Waals surface area contributed by atoms with Crippen LogP contribution in [0.3, 0.4) is 0 Å². The highest BCUT2D eigenvalue weighted by Crippen LogP contribution is 2.23. The highest BCUT2D eigenvalue weighted by Gasteiger charge is 2.13. The van der Waals surface area contributed by atoms with Crippen LogP contribution in [0.5, 0.6) is 11.6 Å². The number of pyridine rings is 2. The fraction of sp³-hybridized carbons (Fsp3) is 0.227. The molecule has 3 aromatic rings. The van der Waals surface area contributed by atoms with E-state index >= 15 is 0 Å². The van der Waals surface area contributed by atoms with Crippen LogP contribution in [0, 0.1) is 0 Å². The highest BCUT2D eigenvalue weighted by atomic mass is 79.9. The molecular formula is C22H22BrN5O2. The number of nitrogens with zero attached hydrogens (tertiary/aromatic N) is 3. The van der Waals surface area contributed by atoms with Crippen molar-refractivity contribution in [1.82, 2.24) is 15.3 Å². The number of hydrogen-bond acceptors (Lipinski definition) is 5. The van der Waals surface area contributed by atoms with Crippen molar-refractivity contribution in [2.45, 2.75) is 19.4 Å². The van der Waals surface area contributed by atoms with Gasteiger partial charge in [-0.15, -0.1) is 0 Å². The first-order valence-electron chi connectivity index (χ1n) is 9.80. The molecule has 0 aliphatic carbocycles. The van der Waals surface area contributed by atoms with Gasteiger partial charge in [0.15, 0.2) is 0 Å². The smallest absolute Gasteiger partial charge is 0.319 e. The monoisotopic (exact) mass is 467 g/mol. The van der Waals surface area contributed by atoms with E-state index in [0.717, 1.165) is 28.9 Å². The maximum absolute atomic E-state index is 12.2. The zero-order chi connectivity index (χ0) is 20.8. The quantitative estimate of drug-likeness (QED) is 0.535. The summed E-state index contributed by atoms with van der Waals surface area (Å²) in [6.45, 7) is 2.50. The number of aromatic nitrogens is 2. The summed E-state index contributed by atoms with van der Waals surface area (Å²) in [6.07, 6.45) is 5.75. The highest BCUT2D eigenvalue weighted by molar-refractivity contribution is 9.10. The van der Waals surface area contributed by atoms with Crippen LogP contribution in [0.1, 0.15) is 18.4 Å². The van der Waals surface area contributed by atoms with Crippen LogP contribution in [0.2, 0.25) is 0 Å². The lowest BCUT2D eigenvalue weighted by atomic mass is 10.2. The maximum Gasteiger partial charge on any atom is 0.319 e. The van der Waals surface area contributed by atoms with Crippen molar-refractivity contribution in [1.29, 1.82) is 0 Å². The van der Waals surface area contributed by atoms with Gasteiger partial charge in [-0.3, -0.25) is 0 Å². The molecule has 2 aromatic heterocycles. The third-order valence-corrected chi connectivity index (χ3v) is 5.20. The largest absolute Gasteiger partial charge is 0.439 e. The minimum Gasteiger partial charge on any atom is -0.439 e. The van der Waals surface area contributed by atoms with Gasteiger partial charge < -0.3 is 20.3 Å². The van der Waals surface area contributed by atoms with Crippen molar-refractivity contribution in [3.05, 3.63) is 71.0 Å². The van der Waals surface area contributed by atoms with Crippen molar-refractivity contribution in [2.75, 3.05) is 23.3 Å². The first-order chi connectivity index (χ1) is 14.7. The van der Waals surface area contributed by atoms with Crippen LogP contribution in [0.15, 0.2) is 65.4 Å². The second-order valence-corrected chi connectivity index (χ2v) is 7.88. The molecule has 2 amide bonds. The first-order valence-corrected chi connectivity index (χ1v) is 10.6. The van der Waals surface area contributed by atoms with E-state index in [1.54, 1.807) is 24.5 Å². The molecule has 8 heteroatoms. The van der Waals surface area contributed by atoms with E-state index in [1.165, 1.54) is 12.8 Å². The number of halogens is 1. The summed E-state index contributed by atoms with van der Waals surface area (Å²) >= 11 is 3.41. The third kappa shape index (κ3) is 5.48. The van der Waals surface area contributed by atoms with E-state index < -0.39 is 0 Å². The summed E-state index contributed by atoms with van der Waals surface area (Å²) in [7, 11) is 0. The average molecular weight is 468 g/mol. The Kier molecular flexibility index (Phi) is 6.44. The van der Waals surface area contributed by atoms with E-state index in [-0.39, 0.29) is 6.03 Å². The number of rotatable bonds is 6. The summed E-state index contributed by atoms with van der Waals surface area (Å²) < 4.78 is 6.63. The molecule has 4 rings (SSSR count). The molecule has 0 unspecified atom stereocenters. The molecule has 1 fully saturated rings. The van der Waals surface area contributed by atoms with Crippen molar-refractivity contribution in [3.8, 4) is 11.6 Å². The fourth-order valence-corrected chi connectivity index (χ4v) is 3.59. The predicted octanol–water partition coefficient (Wildman–Crippen LogP) is 4.95. The molecule has 1 aliphatic heterocycles. The Morgan fingerprint density at radius 1 is 1.10 bits per heavy atom. The van der Waals surface area contributed by atoms with Crippen LogP contribution in [-0.2, 0) is 6.54 Å². The maximum atomic E-state index is 12.2. The summed E-state index contributed by atoms with van der Waals surface area (Å²) in [6, 6.07) is 14.6. The standard InChI is InChI=1S/C22H22BrN5O2/c23-17-4-3-5-19(13-17)30-21-7-6-18(15-25-21)27-22(29)26-14-16-8-9-24-20(12-16)28-10-1-2-11-28/h3-9,12-13,15H,1-2,10-11,14H2,(H2,26,27,29). The van der Waals surface area contributed by atoms with Crippen molar-refractivity contribution in [3.63, 3.8) is 0 Å². The number of nitrogens with one attached hydrogen (secondary N) is 2. The summed E-state index contributed by atoms with van der Waals surface area (Å²) in [5.74, 6) is 2.10. The zero-order valence-electron chi connectivity index (χ0n) is 16.3. The van der Waals surface area contributed by atoms with Crippen LogP contribution in [0.4, 0.5) is 16.3 Å². The van der Waals surface area contributed by atoms with Gasteiger partial charge in [-0.25, -0.2) is 14.8 Å². The van der Waals surface area contributed by atoms with Gasteiger partial charge in [0, 0.05) is 36.4 Å². The number of anilines is 2. The molecule has 7 nitrogen and oxygen atoms in total. The Hall–Kier alpha value is -3.13. The molecule has 1 aromatic carbocycles. The Morgan fingerprint density at radius 3 is 2.73 bits per heavy atom. The van der Waals surface area contributed by atoms with Crippen LogP contribution in [-0.4, -0.2) is 29.1 Å². The predicted molar refractivity (Wildman–Crippen MR) is 120 cm³/mol. The number of carbonyl (C=O) groups is 1. The number of benzene rings is 1. The number of amides is 2. The van der Waals surface area contributed by atoms with Gasteiger partial charge in [-0.1, -0.05) is 22.0 Å². The summed E-state index contributed by atoms with van der Waals surface area (Å²) in [4.78, 5) is 23.2. The molecular weight excluding hydrogens is 446 g/mol. The lowest BCUT2D eigenvalue weighted by molar-refractivity contribution is 0.251. The Bertz CT molecular complexity index is 1010. The van der Waals surface area contributed by atoms with Crippen molar-refractivity contribution in [2.24, 2.45) is 0 Å². The molecule has 0 bridgehead atoms. The lowest BCUT2D eigenvalue weighted by Crippen LogP contribution is -2.28. The number of carbonyl (C=O) groups excluding carboxylic acids is 1. The number of hydrogen-bond donors (Lipinski definition) is 2. The minimum absolute atomic E-state index is 0.294. The van der Waals surface area contributed by atoms with E-state index in [9.17, 15) is 4.79 Å². The van der Waals surface area contributed by atoms with Gasteiger partial charge in [0.05, 0.1) is 11.9 Å². The van der Waals surface area contributed by atoms with Crippen molar-refractivity contribution < 1.29 is 9.53 Å². The second kappa shape index (κ2) is 9.58. The van der Waals surface area contributed by atoms with Gasteiger partial charge >= 0.3 is 6.03 Å². The van der Waals surface area contributed by atoms with Gasteiger partial charge in [-0.05, 0) is 54.8 Å². The molecule has 1 aliphatic rings. The van der Waals surface area contributed by atoms with Crippen LogP contribution < -0.4 is 20.3 Å². The number of urea groups is 1. The molecule has 154 valence electrons. The van der Waals surface area contributed by atoms with Crippen LogP contribution in [0.25, 0.3) is 0 Å². The van der Waals surface area contributed by atoms with Gasteiger partial charge in [0.1, 0.15) is 11.6 Å². The van der Waals surface area contributed by atoms with E-state index in [4.69, 9.17) is 4.74 Å². The van der Waals surface area contributed by atoms with E-state index in [2.05, 4.69) is 41.4 Å². The van der Waals surface area contributed by atoms with E-state index in [1.807, 2.05) is 36.4 Å².